The van der Waals surface area contributed by atoms with Gasteiger partial charge in [-0.05, 0) is 24.3 Å². The molecule has 3 N–H and O–H groups in total. The number of carboxylic acid groups (broad SMARTS) is 1. The minimum atomic E-state index is -1.03. The molecular formula is C14H10N2O2. The Bertz CT molecular complexity index is 781. The zero-order chi connectivity index (χ0) is 12.7. The number of carboxylic acids is 1. The number of para-hydroxylation sites is 1. The molecule has 2 aromatic carbocycles. The third-order valence-corrected chi connectivity index (χ3v) is 2.95. The minimum Gasteiger partial charge on any atom is -0.478 e. The van der Waals surface area contributed by atoms with Crippen molar-refractivity contribution in [2.24, 2.45) is 0 Å². The fourth-order valence-electron chi connectivity index (χ4n) is 2.10. The van der Waals surface area contributed by atoms with Gasteiger partial charge in [0.1, 0.15) is 0 Å². The Balaban J connectivity index is 2.50. The molecule has 0 atom stereocenters. The van der Waals surface area contributed by atoms with E-state index in [1.54, 1.807) is 12.1 Å². The molecule has 0 bridgehead atoms. The van der Waals surface area contributed by atoms with Gasteiger partial charge in [-0.25, -0.2) is 9.78 Å². The Hall–Kier alpha value is -2.62. The molecule has 0 spiro atoms. The van der Waals surface area contributed by atoms with Gasteiger partial charge in [0.05, 0.1) is 16.6 Å². The van der Waals surface area contributed by atoms with Crippen molar-refractivity contribution in [3.05, 3.63) is 48.0 Å². The number of hydrogen-bond acceptors (Lipinski definition) is 3. The molecule has 0 fully saturated rings. The second-order valence-electron chi connectivity index (χ2n) is 4.08. The van der Waals surface area contributed by atoms with Crippen LogP contribution < -0.4 is 5.73 Å². The summed E-state index contributed by atoms with van der Waals surface area (Å²) in [6.07, 6.45) is 0. The number of nitrogen functional groups attached to an aromatic ring is 1. The lowest BCUT2D eigenvalue weighted by atomic mass is 10.0. The number of pyridine rings is 1. The molecule has 0 saturated carbocycles. The first-order valence-electron chi connectivity index (χ1n) is 5.48. The van der Waals surface area contributed by atoms with E-state index in [1.165, 1.54) is 0 Å². The Kier molecular flexibility index (Phi) is 2.16. The smallest absolute Gasteiger partial charge is 0.338 e. The van der Waals surface area contributed by atoms with Gasteiger partial charge in [-0.2, -0.15) is 0 Å². The standard InChI is InChI=1S/C14H10N2O2/c15-10-5-6-12-9(13(10)14(17)18)7-8-3-1-2-4-11(8)16-12/h1-7H,15H2,(H,17,18). The normalized spacial score (nSPS) is 10.9. The fourth-order valence-corrected chi connectivity index (χ4v) is 2.10. The largest absolute Gasteiger partial charge is 0.478 e. The molecule has 0 unspecified atom stereocenters. The molecule has 0 radical (unpaired) electrons. The number of fused-ring (bicyclic) bond motifs is 2. The molecule has 1 aromatic heterocycles. The van der Waals surface area contributed by atoms with E-state index in [2.05, 4.69) is 4.98 Å². The molecule has 0 amide bonds. The summed E-state index contributed by atoms with van der Waals surface area (Å²) < 4.78 is 0. The van der Waals surface area contributed by atoms with Crippen molar-refractivity contribution in [3.63, 3.8) is 0 Å². The monoisotopic (exact) mass is 238 g/mol. The van der Waals surface area contributed by atoms with Gasteiger partial charge in [-0.3, -0.25) is 0 Å². The van der Waals surface area contributed by atoms with Gasteiger partial charge in [0.25, 0.3) is 0 Å². The highest BCUT2D eigenvalue weighted by atomic mass is 16.4. The lowest BCUT2D eigenvalue weighted by Gasteiger charge is -2.07. The van der Waals surface area contributed by atoms with Gasteiger partial charge < -0.3 is 10.8 Å². The van der Waals surface area contributed by atoms with E-state index >= 15 is 0 Å². The van der Waals surface area contributed by atoms with Gasteiger partial charge in [0, 0.05) is 16.5 Å². The van der Waals surface area contributed by atoms with Crippen molar-refractivity contribution in [2.75, 3.05) is 5.73 Å². The Labute approximate surface area is 103 Å². The van der Waals surface area contributed by atoms with Crippen molar-refractivity contribution in [2.45, 2.75) is 0 Å². The van der Waals surface area contributed by atoms with Crippen LogP contribution in [0.3, 0.4) is 0 Å². The third-order valence-electron chi connectivity index (χ3n) is 2.95. The van der Waals surface area contributed by atoms with Crippen LogP contribution in [0.25, 0.3) is 21.8 Å². The lowest BCUT2D eigenvalue weighted by molar-refractivity contribution is 0.0700. The maximum Gasteiger partial charge on any atom is 0.338 e. The Morgan fingerprint density at radius 3 is 2.67 bits per heavy atom. The maximum absolute atomic E-state index is 11.3. The summed E-state index contributed by atoms with van der Waals surface area (Å²) in [6, 6.07) is 12.7. The molecule has 18 heavy (non-hydrogen) atoms. The zero-order valence-corrected chi connectivity index (χ0v) is 9.42. The number of rotatable bonds is 1. The Morgan fingerprint density at radius 1 is 1.11 bits per heavy atom. The first-order valence-corrected chi connectivity index (χ1v) is 5.48. The minimum absolute atomic E-state index is 0.116. The number of carbonyl (C=O) groups is 1. The molecule has 0 aliphatic carbocycles. The topological polar surface area (TPSA) is 76.2 Å². The fraction of sp³-hybridized carbons (Fsp3) is 0. The van der Waals surface area contributed by atoms with E-state index in [1.807, 2.05) is 30.3 Å². The van der Waals surface area contributed by atoms with Crippen LogP contribution in [0, 0.1) is 0 Å². The van der Waals surface area contributed by atoms with Gasteiger partial charge in [0.2, 0.25) is 0 Å². The molecule has 4 heteroatoms. The molecule has 0 aliphatic rings. The van der Waals surface area contributed by atoms with E-state index in [4.69, 9.17) is 5.73 Å². The molecule has 4 nitrogen and oxygen atoms in total. The summed E-state index contributed by atoms with van der Waals surface area (Å²) >= 11 is 0. The second-order valence-corrected chi connectivity index (χ2v) is 4.08. The first-order chi connectivity index (χ1) is 8.66. The van der Waals surface area contributed by atoms with Gasteiger partial charge in [0.15, 0.2) is 0 Å². The lowest BCUT2D eigenvalue weighted by Crippen LogP contribution is -2.03. The summed E-state index contributed by atoms with van der Waals surface area (Å²) in [6.45, 7) is 0. The van der Waals surface area contributed by atoms with E-state index in [9.17, 15) is 9.90 Å². The zero-order valence-electron chi connectivity index (χ0n) is 9.42. The van der Waals surface area contributed by atoms with Crippen molar-refractivity contribution in [3.8, 4) is 0 Å². The van der Waals surface area contributed by atoms with E-state index in [0.717, 1.165) is 10.9 Å². The number of nitrogens with two attached hydrogens (primary N) is 1. The van der Waals surface area contributed by atoms with Crippen LogP contribution >= 0.6 is 0 Å². The van der Waals surface area contributed by atoms with Crippen LogP contribution in [-0.4, -0.2) is 16.1 Å². The number of anilines is 1. The highest BCUT2D eigenvalue weighted by Gasteiger charge is 2.13. The molecule has 1 heterocycles. The van der Waals surface area contributed by atoms with Crippen LogP contribution in [0.4, 0.5) is 5.69 Å². The first kappa shape index (κ1) is 10.5. The molecule has 3 aromatic rings. The predicted molar refractivity (Wildman–Crippen MR) is 70.6 cm³/mol. The predicted octanol–water partition coefficient (Wildman–Crippen LogP) is 2.67. The number of aromatic nitrogens is 1. The molecule has 0 aliphatic heterocycles. The summed E-state index contributed by atoms with van der Waals surface area (Å²) in [5, 5.41) is 10.7. The average Bonchev–Trinajstić information content (AvgIpc) is 2.36. The number of aromatic carboxylic acids is 1. The summed E-state index contributed by atoms with van der Waals surface area (Å²) in [5.74, 6) is -1.03. The van der Waals surface area contributed by atoms with Crippen LogP contribution in [0.1, 0.15) is 10.4 Å². The van der Waals surface area contributed by atoms with Gasteiger partial charge in [-0.15, -0.1) is 0 Å². The van der Waals surface area contributed by atoms with Crippen LogP contribution in [-0.2, 0) is 0 Å². The van der Waals surface area contributed by atoms with Gasteiger partial charge in [-0.1, -0.05) is 18.2 Å². The van der Waals surface area contributed by atoms with E-state index in [-0.39, 0.29) is 11.3 Å². The number of hydrogen-bond donors (Lipinski definition) is 2. The summed E-state index contributed by atoms with van der Waals surface area (Å²) in [5.41, 5.74) is 7.57. The number of benzene rings is 2. The molecule has 88 valence electrons. The third kappa shape index (κ3) is 1.47. The molecule has 0 saturated heterocycles. The van der Waals surface area contributed by atoms with Crippen LogP contribution in [0.2, 0.25) is 0 Å². The molecular weight excluding hydrogens is 228 g/mol. The van der Waals surface area contributed by atoms with E-state index in [0.29, 0.717) is 10.9 Å². The second kappa shape index (κ2) is 3.70. The van der Waals surface area contributed by atoms with Crippen molar-refractivity contribution < 1.29 is 9.90 Å². The summed E-state index contributed by atoms with van der Waals surface area (Å²) in [4.78, 5) is 15.7. The van der Waals surface area contributed by atoms with Crippen LogP contribution in [0.5, 0.6) is 0 Å². The van der Waals surface area contributed by atoms with Crippen LogP contribution in [0.15, 0.2) is 42.5 Å². The highest BCUT2D eigenvalue weighted by Crippen LogP contribution is 2.26. The number of nitrogens with zero attached hydrogens (tertiary/aromatic N) is 1. The highest BCUT2D eigenvalue weighted by molar-refractivity contribution is 6.09. The van der Waals surface area contributed by atoms with Crippen molar-refractivity contribution >= 4 is 33.5 Å². The van der Waals surface area contributed by atoms with Crippen molar-refractivity contribution in [1.29, 1.82) is 0 Å². The Morgan fingerprint density at radius 2 is 1.89 bits per heavy atom. The quantitative estimate of drug-likeness (QED) is 0.504. The van der Waals surface area contributed by atoms with Gasteiger partial charge >= 0.3 is 5.97 Å². The maximum atomic E-state index is 11.3. The van der Waals surface area contributed by atoms with Crippen molar-refractivity contribution in [1.82, 2.24) is 4.98 Å². The average molecular weight is 238 g/mol. The molecule has 3 rings (SSSR count). The van der Waals surface area contributed by atoms with E-state index < -0.39 is 5.97 Å². The SMILES string of the molecule is Nc1ccc2nc3ccccc3cc2c1C(=O)O. The summed E-state index contributed by atoms with van der Waals surface area (Å²) in [7, 11) is 0.